The van der Waals surface area contributed by atoms with Crippen LogP contribution in [0.25, 0.3) is 11.0 Å². The summed E-state index contributed by atoms with van der Waals surface area (Å²) in [5.41, 5.74) is 0.627. The zero-order valence-corrected chi connectivity index (χ0v) is 12.7. The maximum absolute atomic E-state index is 13.3. The van der Waals surface area contributed by atoms with Crippen LogP contribution in [0.15, 0.2) is 63.8 Å². The zero-order valence-electron chi connectivity index (χ0n) is 12.7. The monoisotopic (exact) mass is 323 g/mol. The van der Waals surface area contributed by atoms with Gasteiger partial charge in [0, 0.05) is 17.3 Å². The molecule has 0 unspecified atom stereocenters. The van der Waals surface area contributed by atoms with Crippen LogP contribution < -0.4 is 10.9 Å². The number of para-hydroxylation sites is 1. The van der Waals surface area contributed by atoms with Crippen LogP contribution in [-0.2, 0) is 0 Å². The second kappa shape index (κ2) is 5.60. The van der Waals surface area contributed by atoms with Crippen molar-refractivity contribution in [2.75, 3.05) is 0 Å². The Balaban J connectivity index is 1.53. The van der Waals surface area contributed by atoms with Crippen molar-refractivity contribution in [2.45, 2.75) is 18.4 Å². The lowest BCUT2D eigenvalue weighted by Crippen LogP contribution is -2.30. The molecule has 2 atom stereocenters. The number of fused-ring (bicyclic) bond motifs is 1. The van der Waals surface area contributed by atoms with Crippen LogP contribution in [0.4, 0.5) is 4.39 Å². The third kappa shape index (κ3) is 2.69. The maximum Gasteiger partial charge on any atom is 0.349 e. The van der Waals surface area contributed by atoms with Gasteiger partial charge in [0.05, 0.1) is 0 Å². The zero-order chi connectivity index (χ0) is 16.7. The van der Waals surface area contributed by atoms with E-state index < -0.39 is 11.5 Å². The Morgan fingerprint density at radius 3 is 2.79 bits per heavy atom. The summed E-state index contributed by atoms with van der Waals surface area (Å²) in [6.07, 6.45) is 0.730. The summed E-state index contributed by atoms with van der Waals surface area (Å²) >= 11 is 0. The fraction of sp³-hybridized carbons (Fsp3) is 0.158. The van der Waals surface area contributed by atoms with Crippen molar-refractivity contribution < 1.29 is 13.6 Å². The van der Waals surface area contributed by atoms with E-state index in [9.17, 15) is 14.0 Å². The summed E-state index contributed by atoms with van der Waals surface area (Å²) < 4.78 is 18.4. The van der Waals surface area contributed by atoms with E-state index in [1.165, 1.54) is 18.2 Å². The molecule has 120 valence electrons. The third-order valence-corrected chi connectivity index (χ3v) is 4.27. The number of hydrogen-bond donors (Lipinski definition) is 1. The van der Waals surface area contributed by atoms with E-state index in [0.717, 1.165) is 12.0 Å². The molecule has 1 aliphatic carbocycles. The van der Waals surface area contributed by atoms with E-state index in [2.05, 4.69) is 5.32 Å². The predicted octanol–water partition coefficient (Wildman–Crippen LogP) is 3.22. The Morgan fingerprint density at radius 1 is 1.12 bits per heavy atom. The molecule has 1 aliphatic rings. The molecule has 1 saturated carbocycles. The summed E-state index contributed by atoms with van der Waals surface area (Å²) in [5, 5.41) is 3.52. The first-order valence-electron chi connectivity index (χ1n) is 7.71. The van der Waals surface area contributed by atoms with Gasteiger partial charge in [0.25, 0.3) is 5.91 Å². The van der Waals surface area contributed by atoms with E-state index in [-0.39, 0.29) is 23.3 Å². The van der Waals surface area contributed by atoms with Crippen LogP contribution in [0.3, 0.4) is 0 Å². The normalized spacial score (nSPS) is 19.2. The fourth-order valence-electron chi connectivity index (χ4n) is 2.93. The molecule has 3 aromatic rings. The average Bonchev–Trinajstić information content (AvgIpc) is 3.33. The highest BCUT2D eigenvalue weighted by Gasteiger charge is 2.40. The first-order chi connectivity index (χ1) is 11.6. The van der Waals surface area contributed by atoms with Gasteiger partial charge >= 0.3 is 5.63 Å². The standard InChI is InChI=1S/C19H14FNO3/c20-13-6-3-5-11(8-13)14-10-16(14)21-18(22)15-9-12-4-1-2-7-17(12)24-19(15)23/h1-9,14,16H,10H2,(H,21,22)/t14-,16-/m1/s1. The summed E-state index contributed by atoms with van der Waals surface area (Å²) in [7, 11) is 0. The van der Waals surface area contributed by atoms with Crippen LogP contribution >= 0.6 is 0 Å². The Labute approximate surface area is 136 Å². The van der Waals surface area contributed by atoms with Crippen molar-refractivity contribution in [3.63, 3.8) is 0 Å². The van der Waals surface area contributed by atoms with Crippen LogP contribution in [-0.4, -0.2) is 11.9 Å². The number of nitrogens with one attached hydrogen (secondary N) is 1. The second-order valence-electron chi connectivity index (χ2n) is 5.96. The molecule has 1 N–H and O–H groups in total. The number of carbonyl (C=O) groups excluding carboxylic acids is 1. The number of halogens is 1. The minimum atomic E-state index is -0.658. The summed E-state index contributed by atoms with van der Waals surface area (Å²) in [6.45, 7) is 0. The number of benzene rings is 2. The quantitative estimate of drug-likeness (QED) is 0.753. The van der Waals surface area contributed by atoms with E-state index >= 15 is 0 Å². The number of hydrogen-bond acceptors (Lipinski definition) is 3. The molecule has 0 saturated heterocycles. The third-order valence-electron chi connectivity index (χ3n) is 4.27. The van der Waals surface area contributed by atoms with Gasteiger partial charge in [-0.05, 0) is 36.2 Å². The molecule has 1 aromatic heterocycles. The summed E-state index contributed by atoms with van der Waals surface area (Å²) in [6, 6.07) is 14.8. The molecule has 1 heterocycles. The summed E-state index contributed by atoms with van der Waals surface area (Å²) in [5.74, 6) is -0.671. The van der Waals surface area contributed by atoms with Crippen LogP contribution in [0.5, 0.6) is 0 Å². The highest BCUT2D eigenvalue weighted by atomic mass is 19.1. The molecule has 5 heteroatoms. The molecular formula is C19H14FNO3. The van der Waals surface area contributed by atoms with Crippen molar-refractivity contribution in [1.29, 1.82) is 0 Å². The second-order valence-corrected chi connectivity index (χ2v) is 5.96. The molecule has 4 rings (SSSR count). The van der Waals surface area contributed by atoms with E-state index in [0.29, 0.717) is 11.0 Å². The first-order valence-corrected chi connectivity index (χ1v) is 7.71. The molecular weight excluding hydrogens is 309 g/mol. The molecule has 1 amide bonds. The van der Waals surface area contributed by atoms with Gasteiger partial charge in [-0.3, -0.25) is 4.79 Å². The molecule has 0 radical (unpaired) electrons. The SMILES string of the molecule is O=C(N[C@@H]1C[C@@H]1c1cccc(F)c1)c1cc2ccccc2oc1=O. The lowest BCUT2D eigenvalue weighted by Gasteiger charge is -2.05. The molecule has 24 heavy (non-hydrogen) atoms. The van der Waals surface area contributed by atoms with Crippen LogP contribution in [0.1, 0.15) is 28.3 Å². The van der Waals surface area contributed by atoms with Gasteiger partial charge in [-0.2, -0.15) is 0 Å². The smallest absolute Gasteiger partial charge is 0.349 e. The van der Waals surface area contributed by atoms with E-state index in [1.54, 1.807) is 24.3 Å². The Hall–Kier alpha value is -2.95. The largest absolute Gasteiger partial charge is 0.422 e. The van der Waals surface area contributed by atoms with Crippen molar-refractivity contribution in [3.8, 4) is 0 Å². The van der Waals surface area contributed by atoms with Gasteiger partial charge in [0.15, 0.2) is 0 Å². The first kappa shape index (κ1) is 14.6. The number of carbonyl (C=O) groups is 1. The minimum absolute atomic E-state index is 0.0152. The Bertz CT molecular complexity index is 995. The number of rotatable bonds is 3. The molecule has 4 nitrogen and oxygen atoms in total. The molecule has 0 spiro atoms. The molecule has 0 bridgehead atoms. The lowest BCUT2D eigenvalue weighted by molar-refractivity contribution is 0.0947. The van der Waals surface area contributed by atoms with Gasteiger partial charge in [0.1, 0.15) is 17.0 Å². The van der Waals surface area contributed by atoms with Gasteiger partial charge < -0.3 is 9.73 Å². The highest BCUT2D eigenvalue weighted by Crippen LogP contribution is 2.41. The molecule has 1 fully saturated rings. The highest BCUT2D eigenvalue weighted by molar-refractivity contribution is 5.97. The predicted molar refractivity (Wildman–Crippen MR) is 87.5 cm³/mol. The Morgan fingerprint density at radius 2 is 1.96 bits per heavy atom. The topological polar surface area (TPSA) is 59.3 Å². The number of amides is 1. The van der Waals surface area contributed by atoms with Crippen molar-refractivity contribution in [2.24, 2.45) is 0 Å². The van der Waals surface area contributed by atoms with Gasteiger partial charge in [-0.1, -0.05) is 30.3 Å². The van der Waals surface area contributed by atoms with Crippen LogP contribution in [0, 0.1) is 5.82 Å². The van der Waals surface area contributed by atoms with Crippen molar-refractivity contribution in [1.82, 2.24) is 5.32 Å². The van der Waals surface area contributed by atoms with E-state index in [4.69, 9.17) is 4.42 Å². The van der Waals surface area contributed by atoms with Gasteiger partial charge in [-0.25, -0.2) is 9.18 Å². The molecule has 2 aromatic carbocycles. The van der Waals surface area contributed by atoms with Gasteiger partial charge in [0.2, 0.25) is 0 Å². The fourth-order valence-corrected chi connectivity index (χ4v) is 2.93. The summed E-state index contributed by atoms with van der Waals surface area (Å²) in [4.78, 5) is 24.4. The van der Waals surface area contributed by atoms with Crippen molar-refractivity contribution in [3.05, 3.63) is 82.0 Å². The minimum Gasteiger partial charge on any atom is -0.422 e. The lowest BCUT2D eigenvalue weighted by atomic mass is 10.1. The van der Waals surface area contributed by atoms with Crippen LogP contribution in [0.2, 0.25) is 0 Å². The van der Waals surface area contributed by atoms with Gasteiger partial charge in [-0.15, -0.1) is 0 Å². The van der Waals surface area contributed by atoms with E-state index in [1.807, 2.05) is 12.1 Å². The molecule has 0 aliphatic heterocycles. The van der Waals surface area contributed by atoms with Crippen molar-refractivity contribution >= 4 is 16.9 Å². The average molecular weight is 323 g/mol. The Kier molecular flexibility index (Phi) is 3.41. The maximum atomic E-state index is 13.3.